The van der Waals surface area contributed by atoms with Crippen LogP contribution in [0.25, 0.3) is 5.76 Å². The Bertz CT molecular complexity index is 423. The molecule has 0 fully saturated rings. The summed E-state index contributed by atoms with van der Waals surface area (Å²) in [4.78, 5) is 14.6. The van der Waals surface area contributed by atoms with Crippen molar-refractivity contribution in [3.8, 4) is 0 Å². The van der Waals surface area contributed by atoms with Crippen LogP contribution in [-0.2, 0) is 15.6 Å². The molecule has 1 rings (SSSR count). The highest BCUT2D eigenvalue weighted by atomic mass is 31.1. The number of carbonyl (C=O) groups is 1. The van der Waals surface area contributed by atoms with Crippen molar-refractivity contribution >= 4 is 19.3 Å². The summed E-state index contributed by atoms with van der Waals surface area (Å²) in [5.74, 6) is -0.420. The van der Waals surface area contributed by atoms with Crippen LogP contribution in [0.3, 0.4) is 0 Å². The number of hydrogen-bond acceptors (Lipinski definition) is 4. The molecule has 0 bridgehead atoms. The normalized spacial score (nSPS) is 12.7. The molecule has 15 heavy (non-hydrogen) atoms. The molecule has 5 nitrogen and oxygen atoms in total. The van der Waals surface area contributed by atoms with E-state index in [1.54, 1.807) is 17.4 Å². The maximum atomic E-state index is 10.9. The smallest absolute Gasteiger partial charge is 0.357 e. The minimum absolute atomic E-state index is 0.174. The number of carbonyl (C=O) groups excluding carboxylic acids is 1. The molecule has 1 atom stereocenters. The van der Waals surface area contributed by atoms with Crippen molar-refractivity contribution < 1.29 is 14.5 Å². The number of aliphatic hydroxyl groups is 1. The first-order valence-corrected chi connectivity index (χ1v) is 6.20. The van der Waals surface area contributed by atoms with Crippen LogP contribution >= 0.6 is 7.80 Å². The Labute approximate surface area is 88.2 Å². The summed E-state index contributed by atoms with van der Waals surface area (Å²) in [7, 11) is -1.29. The van der Waals surface area contributed by atoms with Crippen molar-refractivity contribution in [3.63, 3.8) is 0 Å². The minimum atomic E-state index is -1.29. The largest absolute Gasteiger partial charge is 0.505 e. The van der Waals surface area contributed by atoms with Gasteiger partial charge in [-0.25, -0.2) is 4.98 Å². The molecule has 1 aromatic rings. The van der Waals surface area contributed by atoms with Crippen LogP contribution in [0.2, 0.25) is 0 Å². The molecule has 0 aromatic carbocycles. The van der Waals surface area contributed by atoms with Crippen LogP contribution in [0.5, 0.6) is 0 Å². The van der Waals surface area contributed by atoms with Crippen molar-refractivity contribution in [1.82, 2.24) is 9.55 Å². The zero-order valence-corrected chi connectivity index (χ0v) is 9.44. The summed E-state index contributed by atoms with van der Waals surface area (Å²) in [6.07, 6.45) is 4.47. The van der Waals surface area contributed by atoms with Gasteiger partial charge in [-0.3, -0.25) is 9.36 Å². The lowest BCUT2D eigenvalue weighted by Crippen LogP contribution is -1.90. The van der Waals surface area contributed by atoms with E-state index in [2.05, 4.69) is 4.98 Å². The van der Waals surface area contributed by atoms with Gasteiger partial charge in [0, 0.05) is 12.3 Å². The van der Waals surface area contributed by atoms with E-state index in [-0.39, 0.29) is 11.5 Å². The molecule has 1 aromatic heterocycles. The molecule has 0 amide bonds. The first-order chi connectivity index (χ1) is 6.99. The highest BCUT2D eigenvalue weighted by Gasteiger charge is 2.10. The first-order valence-electron chi connectivity index (χ1n) is 4.30. The van der Waals surface area contributed by atoms with Gasteiger partial charge in [0.15, 0.2) is 5.78 Å². The molecule has 1 unspecified atom stereocenters. The van der Waals surface area contributed by atoms with Gasteiger partial charge in [0.2, 0.25) is 6.29 Å². The molecule has 0 spiro atoms. The van der Waals surface area contributed by atoms with E-state index in [9.17, 15) is 14.5 Å². The third kappa shape index (κ3) is 3.64. The second kappa shape index (κ2) is 4.84. The SMILES string of the molecule is CC(=O)/C=C(\O)c1cn(C[P+](C)=O)cn1. The number of imidazole rings is 1. The molecule has 6 heteroatoms. The Morgan fingerprint density at radius 3 is 2.93 bits per heavy atom. The Morgan fingerprint density at radius 2 is 2.40 bits per heavy atom. The van der Waals surface area contributed by atoms with E-state index in [0.29, 0.717) is 12.0 Å². The van der Waals surface area contributed by atoms with E-state index in [4.69, 9.17) is 0 Å². The van der Waals surface area contributed by atoms with Gasteiger partial charge < -0.3 is 5.11 Å². The van der Waals surface area contributed by atoms with Crippen LogP contribution in [-0.4, -0.2) is 27.1 Å². The number of rotatable bonds is 4. The first kappa shape index (κ1) is 11.6. The van der Waals surface area contributed by atoms with Crippen LogP contribution < -0.4 is 0 Å². The lowest BCUT2D eigenvalue weighted by molar-refractivity contribution is -0.112. The molecular weight excluding hydrogens is 215 g/mol. The highest BCUT2D eigenvalue weighted by Crippen LogP contribution is 2.18. The maximum absolute atomic E-state index is 10.9. The standard InChI is InChI=1S/C9H11N2O3P/c1-7(12)3-9(13)8-4-11(5-10-8)6-15(2)14/h3-5H,6H2,1-2H3/p+1. The maximum Gasteiger partial charge on any atom is 0.357 e. The predicted molar refractivity (Wildman–Crippen MR) is 57.0 cm³/mol. The Balaban J connectivity index is 2.84. The second-order valence-electron chi connectivity index (χ2n) is 3.18. The number of nitrogens with zero attached hydrogens (tertiary/aromatic N) is 2. The fourth-order valence-corrected chi connectivity index (χ4v) is 1.68. The molecule has 0 aliphatic heterocycles. The summed E-state index contributed by atoms with van der Waals surface area (Å²) in [5, 5.41) is 9.43. The predicted octanol–water partition coefficient (Wildman–Crippen LogP) is 1.79. The Hall–Kier alpha value is -1.48. The van der Waals surface area contributed by atoms with Crippen LogP contribution in [0.1, 0.15) is 12.6 Å². The summed E-state index contributed by atoms with van der Waals surface area (Å²) in [5.41, 5.74) is 0.307. The third-order valence-electron chi connectivity index (χ3n) is 1.60. The molecule has 0 radical (unpaired) electrons. The van der Waals surface area contributed by atoms with Gasteiger partial charge in [0.05, 0.1) is 6.33 Å². The van der Waals surface area contributed by atoms with Gasteiger partial charge in [-0.05, 0) is 6.92 Å². The summed E-state index contributed by atoms with van der Waals surface area (Å²) in [6.45, 7) is 2.95. The average molecular weight is 227 g/mol. The highest BCUT2D eigenvalue weighted by molar-refractivity contribution is 7.42. The van der Waals surface area contributed by atoms with Crippen LogP contribution in [0.15, 0.2) is 18.6 Å². The Kier molecular flexibility index (Phi) is 3.74. The lowest BCUT2D eigenvalue weighted by atomic mass is 10.3. The number of allylic oxidation sites excluding steroid dienone is 1. The zero-order chi connectivity index (χ0) is 11.4. The minimum Gasteiger partial charge on any atom is -0.505 e. The zero-order valence-electron chi connectivity index (χ0n) is 8.54. The quantitative estimate of drug-likeness (QED) is 0.483. The van der Waals surface area contributed by atoms with Crippen molar-refractivity contribution in [2.24, 2.45) is 0 Å². The molecule has 0 aliphatic carbocycles. The second-order valence-corrected chi connectivity index (χ2v) is 4.72. The number of aliphatic hydroxyl groups excluding tert-OH is 1. The topological polar surface area (TPSA) is 72.2 Å². The number of hydrogen-bond donors (Lipinski definition) is 1. The van der Waals surface area contributed by atoms with E-state index >= 15 is 0 Å². The summed E-state index contributed by atoms with van der Waals surface area (Å²) < 4.78 is 12.5. The molecular formula is C9H12N2O3P+. The van der Waals surface area contributed by atoms with Gasteiger partial charge in [0.25, 0.3) is 0 Å². The number of ketones is 1. The van der Waals surface area contributed by atoms with E-state index in [0.717, 1.165) is 6.08 Å². The molecule has 0 aliphatic rings. The summed E-state index contributed by atoms with van der Waals surface area (Å²) >= 11 is 0. The van der Waals surface area contributed by atoms with Gasteiger partial charge >= 0.3 is 7.80 Å². The molecule has 80 valence electrons. The molecule has 1 N–H and O–H groups in total. The van der Waals surface area contributed by atoms with E-state index < -0.39 is 7.80 Å². The number of aromatic nitrogens is 2. The van der Waals surface area contributed by atoms with Crippen molar-refractivity contribution in [2.75, 3.05) is 6.66 Å². The van der Waals surface area contributed by atoms with Gasteiger partial charge in [0.1, 0.15) is 18.1 Å². The van der Waals surface area contributed by atoms with Gasteiger partial charge in [-0.1, -0.05) is 4.57 Å². The van der Waals surface area contributed by atoms with Gasteiger partial charge in [-0.15, -0.1) is 0 Å². The third-order valence-corrected chi connectivity index (χ3v) is 2.32. The molecule has 1 heterocycles. The molecule has 0 saturated carbocycles. The van der Waals surface area contributed by atoms with E-state index in [1.807, 2.05) is 0 Å². The Morgan fingerprint density at radius 1 is 1.73 bits per heavy atom. The fraction of sp³-hybridized carbons (Fsp3) is 0.333. The van der Waals surface area contributed by atoms with Gasteiger partial charge in [-0.2, -0.15) is 0 Å². The monoisotopic (exact) mass is 227 g/mol. The van der Waals surface area contributed by atoms with Crippen molar-refractivity contribution in [2.45, 2.75) is 13.2 Å². The average Bonchev–Trinajstić information content (AvgIpc) is 2.50. The summed E-state index contributed by atoms with van der Waals surface area (Å²) in [6, 6.07) is 0. The van der Waals surface area contributed by atoms with E-state index in [1.165, 1.54) is 13.3 Å². The van der Waals surface area contributed by atoms with Crippen LogP contribution in [0.4, 0.5) is 0 Å². The fourth-order valence-electron chi connectivity index (χ4n) is 1.07. The van der Waals surface area contributed by atoms with Crippen molar-refractivity contribution in [1.29, 1.82) is 0 Å². The van der Waals surface area contributed by atoms with Crippen molar-refractivity contribution in [3.05, 3.63) is 24.3 Å². The molecule has 0 saturated heterocycles. The van der Waals surface area contributed by atoms with Crippen LogP contribution in [0, 0.1) is 0 Å². The lowest BCUT2D eigenvalue weighted by Gasteiger charge is -1.91.